The summed E-state index contributed by atoms with van der Waals surface area (Å²) in [5, 5.41) is 1.03. The van der Waals surface area contributed by atoms with Crippen LogP contribution in [0.2, 0.25) is 0 Å². The van der Waals surface area contributed by atoms with Crippen molar-refractivity contribution >= 4 is 41.4 Å². The number of imidazole rings is 1. The van der Waals surface area contributed by atoms with Gasteiger partial charge in [-0.15, -0.1) is 0 Å². The van der Waals surface area contributed by atoms with Gasteiger partial charge in [0, 0.05) is 0 Å². The molecule has 0 aliphatic rings. The van der Waals surface area contributed by atoms with Gasteiger partial charge in [-0.1, -0.05) is 0 Å². The third-order valence-electron chi connectivity index (χ3n) is 5.29. The minimum atomic E-state index is -0.0418. The van der Waals surface area contributed by atoms with Gasteiger partial charge in [-0.2, -0.15) is 0 Å². The summed E-state index contributed by atoms with van der Waals surface area (Å²) in [7, 11) is 4.87. The predicted octanol–water partition coefficient (Wildman–Crippen LogP) is 4.23. The van der Waals surface area contributed by atoms with Gasteiger partial charge in [0.1, 0.15) is 0 Å². The van der Waals surface area contributed by atoms with Gasteiger partial charge in [0.25, 0.3) is 0 Å². The van der Waals surface area contributed by atoms with Gasteiger partial charge in [0.15, 0.2) is 0 Å². The van der Waals surface area contributed by atoms with Crippen LogP contribution < -0.4 is 23.1 Å². The molecule has 0 N–H and O–H groups in total. The van der Waals surface area contributed by atoms with Crippen molar-refractivity contribution in [2.24, 2.45) is 0 Å². The van der Waals surface area contributed by atoms with E-state index in [0.717, 1.165) is 30.1 Å². The van der Waals surface area contributed by atoms with Crippen LogP contribution in [0.5, 0.6) is 17.2 Å². The first-order chi connectivity index (χ1) is 17.2. The molecule has 0 atom stereocenters. The van der Waals surface area contributed by atoms with Crippen LogP contribution in [-0.2, 0) is 0 Å². The molecule has 35 heavy (non-hydrogen) atoms. The van der Waals surface area contributed by atoms with Crippen LogP contribution >= 0.6 is 11.8 Å². The van der Waals surface area contributed by atoms with E-state index in [0.29, 0.717) is 23.0 Å². The fraction of sp³-hybridized carbons (Fsp3) is 0.111. The molecule has 0 spiro atoms. The molecule has 2 aromatic heterocycles. The van der Waals surface area contributed by atoms with Crippen molar-refractivity contribution in [1.82, 2.24) is 14.4 Å². The van der Waals surface area contributed by atoms with Crippen LogP contribution in [0.15, 0.2) is 95.1 Å². The molecule has 0 saturated carbocycles. The Balaban J connectivity index is 1.58. The topological polar surface area (TPSA) is 57.9 Å². The van der Waals surface area contributed by atoms with Crippen molar-refractivity contribution in [1.29, 1.82) is 0 Å². The quantitative estimate of drug-likeness (QED) is 0.271. The molecule has 0 bridgehead atoms. The Kier molecular flexibility index (Phi) is 6.95. The average molecular weight is 549 g/mol. The molecule has 8 heteroatoms. The molecule has 0 aliphatic carbocycles. The van der Waals surface area contributed by atoms with Gasteiger partial charge in [-0.05, 0) is 0 Å². The Morgan fingerprint density at radius 3 is 2.09 bits per heavy atom. The van der Waals surface area contributed by atoms with Crippen molar-refractivity contribution in [2.75, 3.05) is 21.3 Å². The van der Waals surface area contributed by atoms with E-state index in [1.165, 1.54) is 0 Å². The Morgan fingerprint density at radius 2 is 1.46 bits per heavy atom. The average Bonchev–Trinajstić information content (AvgIpc) is 3.26. The van der Waals surface area contributed by atoms with Crippen LogP contribution in [0.1, 0.15) is 0 Å². The number of hydrogen-bond acceptors (Lipinski definition) is 6. The molecule has 3 aromatic carbocycles. The van der Waals surface area contributed by atoms with E-state index >= 15 is 0 Å². The van der Waals surface area contributed by atoms with Gasteiger partial charge in [-0.25, -0.2) is 0 Å². The SMILES string of the molecule is COc1cc([Se]c2cnc3nc(-c4ccccc4)c(Sc4ccccc4)n3c2)cc(OC)c1OC. The van der Waals surface area contributed by atoms with Crippen LogP contribution in [0.25, 0.3) is 17.0 Å². The van der Waals surface area contributed by atoms with Crippen LogP contribution in [-0.4, -0.2) is 50.7 Å². The summed E-state index contributed by atoms with van der Waals surface area (Å²) in [5.74, 6) is 2.55. The van der Waals surface area contributed by atoms with Gasteiger partial charge >= 0.3 is 215 Å². The number of benzene rings is 3. The van der Waals surface area contributed by atoms with Crippen molar-refractivity contribution in [3.63, 3.8) is 0 Å². The minimum absolute atomic E-state index is 0.0418. The monoisotopic (exact) mass is 549 g/mol. The Bertz CT molecular complexity index is 1430. The van der Waals surface area contributed by atoms with Crippen LogP contribution in [0.4, 0.5) is 0 Å². The molecular formula is C27H23N3O3SSe. The second kappa shape index (κ2) is 10.4. The maximum atomic E-state index is 5.54. The molecule has 0 aliphatic heterocycles. The Hall–Kier alpha value is -3.45. The zero-order chi connectivity index (χ0) is 24.2. The van der Waals surface area contributed by atoms with Crippen molar-refractivity contribution in [2.45, 2.75) is 9.92 Å². The van der Waals surface area contributed by atoms with E-state index in [4.69, 9.17) is 24.2 Å². The summed E-state index contributed by atoms with van der Waals surface area (Å²) in [6.07, 6.45) is 4.04. The predicted molar refractivity (Wildman–Crippen MR) is 140 cm³/mol. The first-order valence-corrected chi connectivity index (χ1v) is 13.4. The van der Waals surface area contributed by atoms with E-state index < -0.39 is 0 Å². The van der Waals surface area contributed by atoms with Crippen molar-refractivity contribution < 1.29 is 14.2 Å². The molecule has 5 rings (SSSR count). The number of nitrogens with zero attached hydrogens (tertiary/aromatic N) is 3. The number of aromatic nitrogens is 3. The fourth-order valence-corrected chi connectivity index (χ4v) is 6.51. The summed E-state index contributed by atoms with van der Waals surface area (Å²) in [6, 6.07) is 24.6. The van der Waals surface area contributed by atoms with Gasteiger partial charge in [0.2, 0.25) is 0 Å². The summed E-state index contributed by atoms with van der Waals surface area (Å²) in [5.41, 5.74) is 1.98. The molecule has 0 saturated heterocycles. The molecule has 0 fully saturated rings. The second-order valence-corrected chi connectivity index (χ2v) is 10.9. The number of fused-ring (bicyclic) bond motifs is 1. The zero-order valence-electron chi connectivity index (χ0n) is 19.5. The first-order valence-electron chi connectivity index (χ1n) is 10.8. The third kappa shape index (κ3) is 4.86. The van der Waals surface area contributed by atoms with E-state index in [9.17, 15) is 0 Å². The molecular weight excluding hydrogens is 525 g/mol. The molecule has 2 heterocycles. The van der Waals surface area contributed by atoms with E-state index in [-0.39, 0.29) is 15.0 Å². The molecule has 0 amide bonds. The third-order valence-corrected chi connectivity index (χ3v) is 8.31. The molecule has 176 valence electrons. The van der Waals surface area contributed by atoms with Crippen molar-refractivity contribution in [3.05, 3.63) is 85.2 Å². The molecule has 0 radical (unpaired) electrons. The first kappa shape index (κ1) is 23.3. The van der Waals surface area contributed by atoms with Gasteiger partial charge < -0.3 is 0 Å². The zero-order valence-corrected chi connectivity index (χ0v) is 22.0. The van der Waals surface area contributed by atoms with Gasteiger partial charge in [-0.3, -0.25) is 0 Å². The fourth-order valence-electron chi connectivity index (χ4n) is 3.68. The van der Waals surface area contributed by atoms with Crippen molar-refractivity contribution in [3.8, 4) is 28.5 Å². The number of rotatable bonds is 8. The standard InChI is InChI=1S/C27H23N3O3SSe/c1-31-22-14-20(15-23(32-2)25(22)33-3)35-21-16-28-27-29-24(18-10-6-4-7-11-18)26(30(27)17-21)34-19-12-8-5-9-13-19/h4-17H,1-3H3. The molecule has 5 aromatic rings. The summed E-state index contributed by atoms with van der Waals surface area (Å²) >= 11 is 1.65. The Labute approximate surface area is 214 Å². The number of ether oxygens (including phenoxy) is 3. The normalized spacial score (nSPS) is 10.9. The number of hydrogen-bond donors (Lipinski definition) is 0. The summed E-state index contributed by atoms with van der Waals surface area (Å²) in [4.78, 5) is 10.7. The van der Waals surface area contributed by atoms with E-state index in [2.05, 4.69) is 34.9 Å². The van der Waals surface area contributed by atoms with Crippen LogP contribution in [0, 0.1) is 0 Å². The van der Waals surface area contributed by atoms with E-state index in [1.807, 2.05) is 54.7 Å². The summed E-state index contributed by atoms with van der Waals surface area (Å²) < 4.78 is 20.8. The van der Waals surface area contributed by atoms with Gasteiger partial charge in [0.05, 0.1) is 0 Å². The van der Waals surface area contributed by atoms with Crippen LogP contribution in [0.3, 0.4) is 0 Å². The summed E-state index contributed by atoms with van der Waals surface area (Å²) in [6.45, 7) is 0. The second-order valence-electron chi connectivity index (χ2n) is 7.47. The van der Waals surface area contributed by atoms with E-state index in [1.54, 1.807) is 33.1 Å². The number of methoxy groups -OCH3 is 3. The molecule has 0 unspecified atom stereocenters. The Morgan fingerprint density at radius 1 is 0.800 bits per heavy atom. The maximum absolute atomic E-state index is 5.54. The molecule has 6 nitrogen and oxygen atoms in total.